The van der Waals surface area contributed by atoms with E-state index in [4.69, 9.17) is 4.74 Å². The van der Waals surface area contributed by atoms with E-state index in [0.29, 0.717) is 31.6 Å². The Kier molecular flexibility index (Phi) is 5.32. The van der Waals surface area contributed by atoms with Crippen LogP contribution in [-0.2, 0) is 25.3 Å². The van der Waals surface area contributed by atoms with Gasteiger partial charge in [-0.05, 0) is 42.0 Å². The fourth-order valence-corrected chi connectivity index (χ4v) is 6.16. The van der Waals surface area contributed by atoms with Crippen LogP contribution in [0.2, 0.25) is 0 Å². The van der Waals surface area contributed by atoms with Crippen LogP contribution < -0.4 is 0 Å². The molecule has 2 aromatic carbocycles. The lowest BCUT2D eigenvalue weighted by Crippen LogP contribution is -2.40. The number of esters is 1. The Morgan fingerprint density at radius 3 is 2.36 bits per heavy atom. The highest BCUT2D eigenvalue weighted by Gasteiger charge is 2.57. The van der Waals surface area contributed by atoms with E-state index in [1.165, 1.54) is 5.57 Å². The third-order valence-corrected chi connectivity index (χ3v) is 8.43. The molecule has 186 valence electrons. The van der Waals surface area contributed by atoms with Crippen LogP contribution in [0, 0.1) is 5.92 Å². The molecule has 36 heavy (non-hydrogen) atoms. The van der Waals surface area contributed by atoms with Crippen LogP contribution in [0.3, 0.4) is 0 Å². The van der Waals surface area contributed by atoms with Gasteiger partial charge in [0.15, 0.2) is 5.60 Å². The first-order valence-corrected chi connectivity index (χ1v) is 13.0. The van der Waals surface area contributed by atoms with Crippen LogP contribution in [-0.4, -0.2) is 53.8 Å². The average molecular weight is 485 g/mol. The van der Waals surface area contributed by atoms with Crippen molar-refractivity contribution in [3.05, 3.63) is 76.9 Å². The Labute approximate surface area is 211 Å². The minimum absolute atomic E-state index is 0.0208. The fraction of sp³-hybridized carbons (Fsp3) is 0.433. The summed E-state index contributed by atoms with van der Waals surface area (Å²) in [6.45, 7) is 6.30. The van der Waals surface area contributed by atoms with Crippen molar-refractivity contribution < 1.29 is 19.1 Å². The molecule has 0 N–H and O–H groups in total. The molecule has 1 aliphatic carbocycles. The van der Waals surface area contributed by atoms with Gasteiger partial charge in [-0.25, -0.2) is 4.79 Å². The Balaban J connectivity index is 1.16. The molecule has 1 atom stereocenters. The van der Waals surface area contributed by atoms with Gasteiger partial charge in [0.1, 0.15) is 0 Å². The summed E-state index contributed by atoms with van der Waals surface area (Å²) in [5.74, 6) is 0.0828. The first-order chi connectivity index (χ1) is 17.3. The smallest absolute Gasteiger partial charge is 0.339 e. The van der Waals surface area contributed by atoms with Gasteiger partial charge in [0.2, 0.25) is 11.8 Å². The molecule has 1 saturated carbocycles. The SMILES string of the molecule is CC(C)C(=O)N1CC=C(c2ccc(C3(C(=O)N4CCC5(C4)OC(=O)c4ccccc45)CC3)cc2)CC1. The van der Waals surface area contributed by atoms with E-state index in [1.54, 1.807) is 0 Å². The van der Waals surface area contributed by atoms with Gasteiger partial charge >= 0.3 is 5.97 Å². The number of fused-ring (bicyclic) bond motifs is 2. The van der Waals surface area contributed by atoms with E-state index >= 15 is 0 Å². The molecular weight excluding hydrogens is 452 g/mol. The summed E-state index contributed by atoms with van der Waals surface area (Å²) in [4.78, 5) is 42.3. The van der Waals surface area contributed by atoms with Crippen molar-refractivity contribution in [1.29, 1.82) is 0 Å². The Morgan fingerprint density at radius 2 is 1.69 bits per heavy atom. The normalized spacial score (nSPS) is 24.1. The number of rotatable bonds is 4. The minimum atomic E-state index is -0.707. The molecule has 3 heterocycles. The van der Waals surface area contributed by atoms with Crippen molar-refractivity contribution in [1.82, 2.24) is 9.80 Å². The number of benzene rings is 2. The zero-order chi connectivity index (χ0) is 25.1. The summed E-state index contributed by atoms with van der Waals surface area (Å²) in [5.41, 5.74) is 3.84. The Morgan fingerprint density at radius 1 is 0.944 bits per heavy atom. The van der Waals surface area contributed by atoms with Crippen molar-refractivity contribution in [2.24, 2.45) is 5.92 Å². The van der Waals surface area contributed by atoms with Gasteiger partial charge in [-0.15, -0.1) is 0 Å². The lowest BCUT2D eigenvalue weighted by Gasteiger charge is -2.28. The van der Waals surface area contributed by atoms with Crippen molar-refractivity contribution in [3.63, 3.8) is 0 Å². The molecule has 2 amide bonds. The summed E-state index contributed by atoms with van der Waals surface area (Å²) in [5, 5.41) is 0. The lowest BCUT2D eigenvalue weighted by atomic mass is 9.90. The maximum Gasteiger partial charge on any atom is 0.339 e. The van der Waals surface area contributed by atoms with E-state index in [-0.39, 0.29) is 23.7 Å². The van der Waals surface area contributed by atoms with Crippen LogP contribution >= 0.6 is 0 Å². The van der Waals surface area contributed by atoms with E-state index < -0.39 is 11.0 Å². The van der Waals surface area contributed by atoms with Gasteiger partial charge in [0.25, 0.3) is 0 Å². The third kappa shape index (κ3) is 3.57. The number of hydrogen-bond acceptors (Lipinski definition) is 4. The average Bonchev–Trinajstić information content (AvgIpc) is 3.54. The molecule has 6 heteroatoms. The molecular formula is C30H32N2O4. The van der Waals surface area contributed by atoms with Gasteiger partial charge in [0.05, 0.1) is 17.5 Å². The molecule has 0 bridgehead atoms. The summed E-state index contributed by atoms with van der Waals surface area (Å²) < 4.78 is 5.85. The predicted molar refractivity (Wildman–Crippen MR) is 136 cm³/mol. The van der Waals surface area contributed by atoms with E-state index in [1.807, 2.05) is 47.9 Å². The quantitative estimate of drug-likeness (QED) is 0.608. The molecule has 0 radical (unpaired) electrons. The molecule has 2 aromatic rings. The summed E-state index contributed by atoms with van der Waals surface area (Å²) in [6.07, 6.45) is 5.33. The molecule has 1 spiro atoms. The van der Waals surface area contributed by atoms with Gasteiger partial charge in [-0.1, -0.05) is 62.4 Å². The van der Waals surface area contributed by atoms with Crippen molar-refractivity contribution in [2.45, 2.75) is 50.5 Å². The summed E-state index contributed by atoms with van der Waals surface area (Å²) in [7, 11) is 0. The second-order valence-electron chi connectivity index (χ2n) is 11.0. The number of nitrogens with zero attached hydrogens (tertiary/aromatic N) is 2. The number of amides is 2. The second-order valence-corrected chi connectivity index (χ2v) is 11.0. The first-order valence-electron chi connectivity index (χ1n) is 13.0. The second kappa shape index (κ2) is 8.32. The number of carbonyl (C=O) groups excluding carboxylic acids is 3. The summed E-state index contributed by atoms with van der Waals surface area (Å²) in [6, 6.07) is 16.0. The zero-order valence-corrected chi connectivity index (χ0v) is 21.0. The van der Waals surface area contributed by atoms with Crippen molar-refractivity contribution >= 4 is 23.4 Å². The highest BCUT2D eigenvalue weighted by atomic mass is 16.6. The minimum Gasteiger partial charge on any atom is -0.449 e. The van der Waals surface area contributed by atoms with Gasteiger partial charge in [-0.3, -0.25) is 9.59 Å². The van der Waals surface area contributed by atoms with Crippen molar-refractivity contribution in [2.75, 3.05) is 26.2 Å². The van der Waals surface area contributed by atoms with E-state index in [9.17, 15) is 14.4 Å². The van der Waals surface area contributed by atoms with Crippen LogP contribution in [0.15, 0.2) is 54.6 Å². The Hall–Kier alpha value is -3.41. The number of ether oxygens (including phenoxy) is 1. The zero-order valence-electron chi connectivity index (χ0n) is 21.0. The lowest BCUT2D eigenvalue weighted by molar-refractivity contribution is -0.134. The standard InChI is InChI=1S/C30H32N2O4/c1-20(2)26(33)31-16-11-22(12-17-31)21-7-9-23(10-8-21)29(13-14-29)28(35)32-18-15-30(19-32)25-6-4-3-5-24(25)27(34)36-30/h3-11,20H,12-19H2,1-2H3. The first kappa shape index (κ1) is 23.0. The molecule has 0 aromatic heterocycles. The summed E-state index contributed by atoms with van der Waals surface area (Å²) >= 11 is 0. The molecule has 4 aliphatic rings. The number of likely N-dealkylation sites (tertiary alicyclic amines) is 1. The highest BCUT2D eigenvalue weighted by Crippen LogP contribution is 2.52. The van der Waals surface area contributed by atoms with Gasteiger partial charge in [0, 0.05) is 37.5 Å². The topological polar surface area (TPSA) is 66.9 Å². The predicted octanol–water partition coefficient (Wildman–Crippen LogP) is 4.29. The van der Waals surface area contributed by atoms with Crippen LogP contribution in [0.1, 0.15) is 66.6 Å². The molecule has 1 saturated heterocycles. The van der Waals surface area contributed by atoms with Gasteiger partial charge in [-0.2, -0.15) is 0 Å². The maximum absolute atomic E-state index is 13.7. The molecule has 3 aliphatic heterocycles. The number of hydrogen-bond donors (Lipinski definition) is 0. The fourth-order valence-electron chi connectivity index (χ4n) is 6.16. The molecule has 6 nitrogen and oxygen atoms in total. The van der Waals surface area contributed by atoms with E-state index in [2.05, 4.69) is 30.3 Å². The van der Waals surface area contributed by atoms with Crippen molar-refractivity contribution in [3.8, 4) is 0 Å². The maximum atomic E-state index is 13.7. The molecule has 1 unspecified atom stereocenters. The van der Waals surface area contributed by atoms with Gasteiger partial charge < -0.3 is 14.5 Å². The molecule has 2 fully saturated rings. The third-order valence-electron chi connectivity index (χ3n) is 8.43. The Bertz CT molecular complexity index is 1270. The largest absolute Gasteiger partial charge is 0.449 e. The monoisotopic (exact) mass is 484 g/mol. The van der Waals surface area contributed by atoms with E-state index in [0.717, 1.165) is 42.5 Å². The molecule has 6 rings (SSSR count). The highest BCUT2D eigenvalue weighted by molar-refractivity contribution is 5.96. The van der Waals surface area contributed by atoms with Crippen LogP contribution in [0.25, 0.3) is 5.57 Å². The van der Waals surface area contributed by atoms with Crippen LogP contribution in [0.4, 0.5) is 0 Å². The number of carbonyl (C=O) groups is 3. The van der Waals surface area contributed by atoms with Crippen LogP contribution in [0.5, 0.6) is 0 Å².